The minimum absolute atomic E-state index is 0.00121. The van der Waals surface area contributed by atoms with Gasteiger partial charge in [0, 0.05) is 36.6 Å². The van der Waals surface area contributed by atoms with Crippen molar-refractivity contribution in [3.8, 4) is 10.6 Å². The molecule has 11 heteroatoms. The van der Waals surface area contributed by atoms with Crippen molar-refractivity contribution in [3.05, 3.63) is 52.0 Å². The molecule has 4 rings (SSSR count). The molecule has 0 aliphatic carbocycles. The highest BCUT2D eigenvalue weighted by Gasteiger charge is 2.36. The summed E-state index contributed by atoms with van der Waals surface area (Å²) in [4.78, 5) is 7.99. The molecule has 2 N–H and O–H groups in total. The van der Waals surface area contributed by atoms with E-state index in [2.05, 4.69) is 20.6 Å². The minimum atomic E-state index is -4.68. The van der Waals surface area contributed by atoms with E-state index in [0.717, 1.165) is 41.5 Å². The monoisotopic (exact) mass is 454 g/mol. The zero-order valence-electron chi connectivity index (χ0n) is 16.0. The molecule has 6 nitrogen and oxygen atoms in total. The Bertz CT molecular complexity index is 1240. The van der Waals surface area contributed by atoms with Crippen molar-refractivity contribution in [2.75, 3.05) is 11.6 Å². The topological polar surface area (TPSA) is 84.0 Å². The quantitative estimate of drug-likeness (QED) is 0.612. The number of hydrogen-bond donors (Lipinski definition) is 2. The highest BCUT2D eigenvalue weighted by atomic mass is 32.2. The SMILES string of the molecule is Cc1cc2c(cc1Nc1ncc(C(F)(F)F)c(-c3cc(S(C)(=O)=O)cs3)n1)CNC2. The Morgan fingerprint density at radius 2 is 1.87 bits per heavy atom. The molecule has 0 unspecified atom stereocenters. The van der Waals surface area contributed by atoms with E-state index in [9.17, 15) is 21.6 Å². The molecule has 0 saturated carbocycles. The number of aromatic nitrogens is 2. The second-order valence-corrected chi connectivity index (χ2v) is 9.96. The second kappa shape index (κ2) is 7.33. The van der Waals surface area contributed by atoms with Crippen LogP contribution in [-0.2, 0) is 29.1 Å². The summed E-state index contributed by atoms with van der Waals surface area (Å²) in [5, 5.41) is 7.54. The van der Waals surface area contributed by atoms with Crippen LogP contribution >= 0.6 is 11.3 Å². The molecule has 30 heavy (non-hydrogen) atoms. The fourth-order valence-corrected chi connectivity index (χ4v) is 5.23. The van der Waals surface area contributed by atoms with E-state index < -0.39 is 21.6 Å². The Kier molecular flexibility index (Phi) is 5.07. The molecule has 0 saturated heterocycles. The number of thiophene rings is 1. The first-order chi connectivity index (χ1) is 14.0. The normalized spacial score (nSPS) is 14.0. The lowest BCUT2D eigenvalue weighted by Crippen LogP contribution is -2.11. The molecule has 2 aromatic heterocycles. The average Bonchev–Trinajstić information content (AvgIpc) is 3.30. The van der Waals surface area contributed by atoms with E-state index in [1.165, 1.54) is 17.0 Å². The summed E-state index contributed by atoms with van der Waals surface area (Å²) in [5.41, 5.74) is 2.51. The molecule has 0 atom stereocenters. The van der Waals surface area contributed by atoms with E-state index in [0.29, 0.717) is 12.2 Å². The largest absolute Gasteiger partial charge is 0.420 e. The number of halogens is 3. The minimum Gasteiger partial charge on any atom is -0.324 e. The van der Waals surface area contributed by atoms with Crippen LogP contribution in [0.4, 0.5) is 24.8 Å². The van der Waals surface area contributed by atoms with Crippen molar-refractivity contribution in [3.63, 3.8) is 0 Å². The summed E-state index contributed by atoms with van der Waals surface area (Å²) >= 11 is 0.889. The van der Waals surface area contributed by atoms with Crippen molar-refractivity contribution in [2.24, 2.45) is 0 Å². The van der Waals surface area contributed by atoms with Gasteiger partial charge in [0.15, 0.2) is 9.84 Å². The van der Waals surface area contributed by atoms with Gasteiger partial charge >= 0.3 is 6.18 Å². The highest BCUT2D eigenvalue weighted by molar-refractivity contribution is 7.90. The first-order valence-corrected chi connectivity index (χ1v) is 11.6. The fourth-order valence-electron chi connectivity index (χ4n) is 3.20. The van der Waals surface area contributed by atoms with Gasteiger partial charge in [0.25, 0.3) is 0 Å². The zero-order valence-corrected chi connectivity index (χ0v) is 17.6. The lowest BCUT2D eigenvalue weighted by atomic mass is 10.1. The fraction of sp³-hybridized carbons (Fsp3) is 0.263. The Hall–Kier alpha value is -2.50. The first kappa shape index (κ1) is 20.8. The molecule has 0 amide bonds. The Morgan fingerprint density at radius 1 is 1.17 bits per heavy atom. The highest BCUT2D eigenvalue weighted by Crippen LogP contribution is 2.39. The molecule has 1 aromatic carbocycles. The second-order valence-electron chi connectivity index (χ2n) is 7.04. The summed E-state index contributed by atoms with van der Waals surface area (Å²) in [6, 6.07) is 5.15. The van der Waals surface area contributed by atoms with Crippen LogP contribution in [0.25, 0.3) is 10.6 Å². The van der Waals surface area contributed by atoms with Crippen LogP contribution in [0.3, 0.4) is 0 Å². The summed E-state index contributed by atoms with van der Waals surface area (Å²) in [7, 11) is -3.54. The molecule has 1 aliphatic heterocycles. The maximum absolute atomic E-state index is 13.5. The number of nitrogens with zero attached hydrogens (tertiary/aromatic N) is 2. The lowest BCUT2D eigenvalue weighted by Gasteiger charge is -2.14. The maximum Gasteiger partial charge on any atom is 0.420 e. The molecule has 0 bridgehead atoms. The molecule has 0 fully saturated rings. The van der Waals surface area contributed by atoms with Crippen LogP contribution in [0.1, 0.15) is 22.3 Å². The van der Waals surface area contributed by atoms with E-state index in [1.54, 1.807) is 0 Å². The van der Waals surface area contributed by atoms with Crippen LogP contribution in [-0.4, -0.2) is 24.6 Å². The molecule has 1 aliphatic rings. The van der Waals surface area contributed by atoms with E-state index in [4.69, 9.17) is 0 Å². The number of alkyl halides is 3. The standard InChI is InChI=1S/C19H17F3N4O2S2/c1-10-3-11-6-23-7-12(11)4-15(10)25-18-24-8-14(19(20,21)22)17(26-18)16-5-13(9-29-16)30(2,27)28/h3-5,8-9,23H,6-7H2,1-2H3,(H,24,25,26). The van der Waals surface area contributed by atoms with E-state index in [-0.39, 0.29) is 21.4 Å². The third-order valence-electron chi connectivity index (χ3n) is 4.76. The van der Waals surface area contributed by atoms with E-state index >= 15 is 0 Å². The van der Waals surface area contributed by atoms with E-state index in [1.807, 2.05) is 19.1 Å². The number of fused-ring (bicyclic) bond motifs is 1. The van der Waals surface area contributed by atoms with Gasteiger partial charge in [-0.25, -0.2) is 18.4 Å². The lowest BCUT2D eigenvalue weighted by molar-refractivity contribution is -0.137. The van der Waals surface area contributed by atoms with Gasteiger partial charge in [0.1, 0.15) is 5.56 Å². The first-order valence-electron chi connectivity index (χ1n) is 8.86. The van der Waals surface area contributed by atoms with Crippen LogP contribution in [0, 0.1) is 6.92 Å². The van der Waals surface area contributed by atoms with Crippen molar-refractivity contribution in [1.29, 1.82) is 0 Å². The van der Waals surface area contributed by atoms with Crippen molar-refractivity contribution < 1.29 is 21.6 Å². The third kappa shape index (κ3) is 4.05. The Morgan fingerprint density at radius 3 is 2.50 bits per heavy atom. The number of hydrogen-bond acceptors (Lipinski definition) is 7. The molecule has 0 radical (unpaired) electrons. The summed E-state index contributed by atoms with van der Waals surface area (Å²) < 4.78 is 64.0. The van der Waals surface area contributed by atoms with Crippen LogP contribution in [0.15, 0.2) is 34.7 Å². The van der Waals surface area contributed by atoms with Crippen LogP contribution in [0.5, 0.6) is 0 Å². The predicted molar refractivity (Wildman–Crippen MR) is 108 cm³/mol. The smallest absolute Gasteiger partial charge is 0.324 e. The molecule has 3 aromatic rings. The molecule has 0 spiro atoms. The number of aryl methyl sites for hydroxylation is 1. The van der Waals surface area contributed by atoms with Crippen LogP contribution in [0.2, 0.25) is 0 Å². The average molecular weight is 454 g/mol. The van der Waals surface area contributed by atoms with Crippen molar-refractivity contribution in [2.45, 2.75) is 31.1 Å². The number of rotatable bonds is 4. The molecular weight excluding hydrogens is 437 g/mol. The molecule has 158 valence electrons. The zero-order chi connectivity index (χ0) is 21.7. The van der Waals surface area contributed by atoms with Gasteiger partial charge in [-0.05, 0) is 35.7 Å². The van der Waals surface area contributed by atoms with Gasteiger partial charge in [-0.3, -0.25) is 0 Å². The Balaban J connectivity index is 1.77. The van der Waals surface area contributed by atoms with Crippen molar-refractivity contribution >= 4 is 32.8 Å². The Labute approximate surface area is 175 Å². The number of anilines is 2. The molecular formula is C19H17F3N4O2S2. The summed E-state index contributed by atoms with van der Waals surface area (Å²) in [6.45, 7) is 3.38. The van der Waals surface area contributed by atoms with Crippen LogP contribution < -0.4 is 10.6 Å². The van der Waals surface area contributed by atoms with Crippen molar-refractivity contribution in [1.82, 2.24) is 15.3 Å². The third-order valence-corrected chi connectivity index (χ3v) is 6.93. The van der Waals surface area contributed by atoms with Gasteiger partial charge in [-0.1, -0.05) is 6.07 Å². The van der Waals surface area contributed by atoms with Gasteiger partial charge in [-0.2, -0.15) is 13.2 Å². The maximum atomic E-state index is 13.5. The molecule has 3 heterocycles. The number of nitrogens with one attached hydrogen (secondary N) is 2. The summed E-state index contributed by atoms with van der Waals surface area (Å²) in [5.74, 6) is 0.00121. The van der Waals surface area contributed by atoms with Gasteiger partial charge in [0.2, 0.25) is 5.95 Å². The van der Waals surface area contributed by atoms with Gasteiger partial charge < -0.3 is 10.6 Å². The predicted octanol–water partition coefficient (Wildman–Crippen LogP) is 4.28. The number of sulfone groups is 1. The van der Waals surface area contributed by atoms with Gasteiger partial charge in [0.05, 0.1) is 15.5 Å². The summed E-state index contributed by atoms with van der Waals surface area (Å²) in [6.07, 6.45) is -2.96. The number of benzene rings is 1. The van der Waals surface area contributed by atoms with Gasteiger partial charge in [-0.15, -0.1) is 11.3 Å².